The number of nitrogens with zero attached hydrogens (tertiary/aromatic N) is 1. The SMILES string of the molecule is CCOc1ccccc1S(=O)(=O)NCC#Cc1ccccc1N(C)C. The Labute approximate surface area is 149 Å². The lowest BCUT2D eigenvalue weighted by Crippen LogP contribution is -2.24. The Bertz CT molecular complexity index is 881. The van der Waals surface area contributed by atoms with Gasteiger partial charge in [-0.15, -0.1) is 0 Å². The maximum atomic E-state index is 12.4. The van der Waals surface area contributed by atoms with Crippen molar-refractivity contribution in [3.63, 3.8) is 0 Å². The van der Waals surface area contributed by atoms with E-state index in [-0.39, 0.29) is 11.4 Å². The maximum absolute atomic E-state index is 12.4. The van der Waals surface area contributed by atoms with Gasteiger partial charge in [-0.25, -0.2) is 8.42 Å². The molecular formula is C19H22N2O3S. The number of para-hydroxylation sites is 2. The number of nitrogens with one attached hydrogen (secondary N) is 1. The quantitative estimate of drug-likeness (QED) is 0.806. The fourth-order valence-electron chi connectivity index (χ4n) is 2.26. The van der Waals surface area contributed by atoms with E-state index in [4.69, 9.17) is 4.74 Å². The summed E-state index contributed by atoms with van der Waals surface area (Å²) < 4.78 is 32.8. The smallest absolute Gasteiger partial charge is 0.245 e. The third-order valence-corrected chi connectivity index (χ3v) is 4.84. The van der Waals surface area contributed by atoms with Crippen LogP contribution in [0.5, 0.6) is 5.75 Å². The highest BCUT2D eigenvalue weighted by atomic mass is 32.2. The highest BCUT2D eigenvalue weighted by molar-refractivity contribution is 7.89. The molecule has 0 unspecified atom stereocenters. The van der Waals surface area contributed by atoms with Crippen LogP contribution >= 0.6 is 0 Å². The maximum Gasteiger partial charge on any atom is 0.245 e. The standard InChI is InChI=1S/C19H22N2O3S/c1-4-24-18-13-7-8-14-19(18)25(22,23)20-15-9-11-16-10-5-6-12-17(16)21(2)3/h5-8,10,12-14,20H,4,15H2,1-3H3. The van der Waals surface area contributed by atoms with Gasteiger partial charge in [-0.3, -0.25) is 0 Å². The van der Waals surface area contributed by atoms with E-state index in [0.717, 1.165) is 11.3 Å². The van der Waals surface area contributed by atoms with Crippen molar-refractivity contribution in [2.45, 2.75) is 11.8 Å². The molecule has 2 aromatic carbocycles. The number of hydrogen-bond acceptors (Lipinski definition) is 4. The molecule has 5 nitrogen and oxygen atoms in total. The second-order valence-corrected chi connectivity index (χ2v) is 7.15. The van der Waals surface area contributed by atoms with Crippen molar-refractivity contribution >= 4 is 15.7 Å². The van der Waals surface area contributed by atoms with Crippen LogP contribution in [0.25, 0.3) is 0 Å². The summed E-state index contributed by atoms with van der Waals surface area (Å²) in [6.45, 7) is 2.22. The summed E-state index contributed by atoms with van der Waals surface area (Å²) in [5.41, 5.74) is 1.83. The van der Waals surface area contributed by atoms with Gasteiger partial charge < -0.3 is 9.64 Å². The molecule has 0 spiro atoms. The molecule has 0 aliphatic carbocycles. The van der Waals surface area contributed by atoms with Gasteiger partial charge in [0.1, 0.15) is 10.6 Å². The molecule has 0 aliphatic heterocycles. The summed E-state index contributed by atoms with van der Waals surface area (Å²) in [7, 11) is 0.195. The lowest BCUT2D eigenvalue weighted by Gasteiger charge is -2.14. The topological polar surface area (TPSA) is 58.6 Å². The largest absolute Gasteiger partial charge is 0.492 e. The zero-order valence-corrected chi connectivity index (χ0v) is 15.4. The van der Waals surface area contributed by atoms with E-state index < -0.39 is 10.0 Å². The van der Waals surface area contributed by atoms with Crippen LogP contribution in [0.15, 0.2) is 53.4 Å². The van der Waals surface area contributed by atoms with Crippen LogP contribution < -0.4 is 14.4 Å². The number of ether oxygens (including phenoxy) is 1. The summed E-state index contributed by atoms with van der Waals surface area (Å²) in [6, 6.07) is 14.3. The Balaban J connectivity index is 2.13. The molecule has 0 aliphatic rings. The second-order valence-electron chi connectivity index (χ2n) is 5.42. The van der Waals surface area contributed by atoms with E-state index >= 15 is 0 Å². The van der Waals surface area contributed by atoms with Gasteiger partial charge in [-0.2, -0.15) is 4.72 Å². The number of anilines is 1. The molecule has 0 aromatic heterocycles. The molecule has 2 rings (SSSR count). The Morgan fingerprint density at radius 1 is 1.08 bits per heavy atom. The molecule has 0 saturated carbocycles. The molecule has 1 N–H and O–H groups in total. The highest BCUT2D eigenvalue weighted by Gasteiger charge is 2.18. The number of benzene rings is 2. The molecule has 0 fully saturated rings. The van der Waals surface area contributed by atoms with Crippen molar-refractivity contribution in [2.24, 2.45) is 0 Å². The van der Waals surface area contributed by atoms with Crippen LogP contribution in [0.4, 0.5) is 5.69 Å². The zero-order valence-electron chi connectivity index (χ0n) is 14.6. The fourth-order valence-corrected chi connectivity index (χ4v) is 3.33. The molecular weight excluding hydrogens is 336 g/mol. The van der Waals surface area contributed by atoms with Crippen molar-refractivity contribution in [3.05, 3.63) is 54.1 Å². The second kappa shape index (κ2) is 8.56. The average Bonchev–Trinajstić information content (AvgIpc) is 2.59. The number of sulfonamides is 1. The number of rotatable bonds is 6. The summed E-state index contributed by atoms with van der Waals surface area (Å²) >= 11 is 0. The number of hydrogen-bond donors (Lipinski definition) is 1. The first-order chi connectivity index (χ1) is 12.0. The average molecular weight is 358 g/mol. The lowest BCUT2D eigenvalue weighted by atomic mass is 10.1. The Hall–Kier alpha value is -2.49. The van der Waals surface area contributed by atoms with Crippen LogP contribution in [-0.4, -0.2) is 35.7 Å². The first kappa shape index (κ1) is 18.8. The van der Waals surface area contributed by atoms with Crippen molar-refractivity contribution < 1.29 is 13.2 Å². The van der Waals surface area contributed by atoms with Gasteiger partial charge in [0.2, 0.25) is 10.0 Å². The van der Waals surface area contributed by atoms with E-state index in [0.29, 0.717) is 12.4 Å². The van der Waals surface area contributed by atoms with Crippen LogP contribution in [-0.2, 0) is 10.0 Å². The third-order valence-electron chi connectivity index (χ3n) is 3.40. The van der Waals surface area contributed by atoms with Crippen molar-refractivity contribution in [3.8, 4) is 17.6 Å². The molecule has 0 atom stereocenters. The normalized spacial score (nSPS) is 10.7. The van der Waals surface area contributed by atoms with Crippen LogP contribution in [0.2, 0.25) is 0 Å². The Morgan fingerprint density at radius 2 is 1.76 bits per heavy atom. The van der Waals surface area contributed by atoms with E-state index in [1.54, 1.807) is 18.2 Å². The lowest BCUT2D eigenvalue weighted by molar-refractivity contribution is 0.331. The van der Waals surface area contributed by atoms with Crippen molar-refractivity contribution in [1.82, 2.24) is 4.72 Å². The van der Waals surface area contributed by atoms with E-state index in [1.165, 1.54) is 6.07 Å². The first-order valence-corrected chi connectivity index (χ1v) is 9.40. The predicted molar refractivity (Wildman–Crippen MR) is 100 cm³/mol. The van der Waals surface area contributed by atoms with Crippen LogP contribution in [0, 0.1) is 11.8 Å². The monoisotopic (exact) mass is 358 g/mol. The molecule has 2 aromatic rings. The van der Waals surface area contributed by atoms with Gasteiger partial charge in [0.25, 0.3) is 0 Å². The fraction of sp³-hybridized carbons (Fsp3) is 0.263. The molecule has 25 heavy (non-hydrogen) atoms. The zero-order chi connectivity index (χ0) is 18.3. The molecule has 132 valence electrons. The third kappa shape index (κ3) is 4.99. The Kier molecular flexibility index (Phi) is 6.45. The molecule has 6 heteroatoms. The van der Waals surface area contributed by atoms with Gasteiger partial charge >= 0.3 is 0 Å². The summed E-state index contributed by atoms with van der Waals surface area (Å²) in [6.07, 6.45) is 0. The minimum atomic E-state index is -3.68. The van der Waals surface area contributed by atoms with E-state index in [2.05, 4.69) is 16.6 Å². The highest BCUT2D eigenvalue weighted by Crippen LogP contribution is 2.22. The van der Waals surface area contributed by atoms with Gasteiger partial charge in [-0.1, -0.05) is 36.1 Å². The minimum absolute atomic E-state index is 0.0184. The summed E-state index contributed by atoms with van der Waals surface area (Å²) in [5, 5.41) is 0. The van der Waals surface area contributed by atoms with E-state index in [9.17, 15) is 8.42 Å². The molecule has 0 heterocycles. The van der Waals surface area contributed by atoms with Crippen LogP contribution in [0.1, 0.15) is 12.5 Å². The summed E-state index contributed by atoms with van der Waals surface area (Å²) in [4.78, 5) is 2.08. The van der Waals surface area contributed by atoms with Crippen molar-refractivity contribution in [2.75, 3.05) is 32.1 Å². The first-order valence-electron chi connectivity index (χ1n) is 7.92. The minimum Gasteiger partial charge on any atom is -0.492 e. The summed E-state index contributed by atoms with van der Waals surface area (Å²) in [5.74, 6) is 6.21. The van der Waals surface area contributed by atoms with Crippen LogP contribution in [0.3, 0.4) is 0 Å². The van der Waals surface area contributed by atoms with Gasteiger partial charge in [0, 0.05) is 19.7 Å². The molecule has 0 radical (unpaired) electrons. The van der Waals surface area contributed by atoms with Gasteiger partial charge in [0.15, 0.2) is 0 Å². The molecule has 0 saturated heterocycles. The van der Waals surface area contributed by atoms with Gasteiger partial charge in [-0.05, 0) is 31.2 Å². The van der Waals surface area contributed by atoms with E-state index in [1.807, 2.05) is 50.2 Å². The van der Waals surface area contributed by atoms with Gasteiger partial charge in [0.05, 0.1) is 18.8 Å². The van der Waals surface area contributed by atoms with Crippen molar-refractivity contribution in [1.29, 1.82) is 0 Å². The predicted octanol–water partition coefficient (Wildman–Crippen LogP) is 2.48. The Morgan fingerprint density at radius 3 is 2.48 bits per heavy atom. The molecule has 0 bridgehead atoms. The molecule has 0 amide bonds.